The third-order valence-corrected chi connectivity index (χ3v) is 2.07. The molecule has 1 aromatic carbocycles. The van der Waals surface area contributed by atoms with Crippen LogP contribution in [-0.2, 0) is 0 Å². The summed E-state index contributed by atoms with van der Waals surface area (Å²) in [5.41, 5.74) is 5.78. The molecule has 1 rings (SSSR count). The smallest absolute Gasteiger partial charge is 0.240 e. The molecule has 0 saturated heterocycles. The van der Waals surface area contributed by atoms with Gasteiger partial charge in [-0.3, -0.25) is 0 Å². The third kappa shape index (κ3) is 2.79. The number of phenolic OH excluding ortho intramolecular Hbond substituents is 1. The van der Waals surface area contributed by atoms with Gasteiger partial charge in [0.05, 0.1) is 12.7 Å². The summed E-state index contributed by atoms with van der Waals surface area (Å²) in [6.07, 6.45) is -3.02. The van der Waals surface area contributed by atoms with Gasteiger partial charge in [0.1, 0.15) is 11.5 Å². The van der Waals surface area contributed by atoms with Gasteiger partial charge in [-0.05, 0) is 12.1 Å². The van der Waals surface area contributed by atoms with Crippen molar-refractivity contribution < 1.29 is 18.6 Å². The summed E-state index contributed by atoms with van der Waals surface area (Å²) in [5.74, 6) is 0.200. The molecule has 0 saturated carbocycles. The lowest BCUT2D eigenvalue weighted by molar-refractivity contribution is 0.127. The second kappa shape index (κ2) is 4.93. The number of benzene rings is 1. The molecule has 3 N–H and O–H groups in total. The largest absolute Gasteiger partial charge is 0.507 e. The van der Waals surface area contributed by atoms with E-state index in [1.54, 1.807) is 12.1 Å². The summed E-state index contributed by atoms with van der Waals surface area (Å²) in [4.78, 5) is 0. The van der Waals surface area contributed by atoms with Crippen LogP contribution in [0.5, 0.6) is 11.5 Å². The van der Waals surface area contributed by atoms with E-state index >= 15 is 0 Å². The maximum absolute atomic E-state index is 12.1. The predicted octanol–water partition coefficient (Wildman–Crippen LogP) is 2.06. The molecule has 15 heavy (non-hydrogen) atoms. The van der Waals surface area contributed by atoms with Crippen LogP contribution in [0, 0.1) is 0 Å². The monoisotopic (exact) mass is 217 g/mol. The molecule has 0 aliphatic carbocycles. The Labute approximate surface area is 86.5 Å². The number of hydrogen-bond acceptors (Lipinski definition) is 3. The zero-order valence-electron chi connectivity index (χ0n) is 8.28. The molecule has 5 heteroatoms. The second-order valence-electron chi connectivity index (χ2n) is 3.13. The molecule has 0 aromatic heterocycles. The second-order valence-corrected chi connectivity index (χ2v) is 3.13. The van der Waals surface area contributed by atoms with Crippen LogP contribution in [0.3, 0.4) is 0 Å². The fraction of sp³-hybridized carbons (Fsp3) is 0.400. The van der Waals surface area contributed by atoms with Crippen LogP contribution in [-0.4, -0.2) is 18.6 Å². The molecule has 84 valence electrons. The highest BCUT2D eigenvalue weighted by Crippen LogP contribution is 2.34. The third-order valence-electron chi connectivity index (χ3n) is 2.07. The highest BCUT2D eigenvalue weighted by Gasteiger charge is 2.19. The zero-order chi connectivity index (χ0) is 11.4. The fourth-order valence-electron chi connectivity index (χ4n) is 1.39. The van der Waals surface area contributed by atoms with E-state index in [0.29, 0.717) is 5.75 Å². The number of nitrogens with two attached hydrogens (primary N) is 1. The van der Waals surface area contributed by atoms with Gasteiger partial charge in [-0.15, -0.1) is 0 Å². The van der Waals surface area contributed by atoms with Crippen molar-refractivity contribution in [1.82, 2.24) is 0 Å². The molecule has 0 aliphatic rings. The standard InChI is InChI=1S/C10H13F2NO2/c1-15-8-4-2-3-7(14)10(8)6(13)5-9(11)12/h2-4,6,9,14H,5,13H2,1H3/t6-/m0/s1. The number of phenols is 1. The van der Waals surface area contributed by atoms with E-state index in [9.17, 15) is 13.9 Å². The quantitative estimate of drug-likeness (QED) is 0.811. The van der Waals surface area contributed by atoms with E-state index in [-0.39, 0.29) is 11.3 Å². The molecule has 0 bridgehead atoms. The summed E-state index contributed by atoms with van der Waals surface area (Å²) < 4.78 is 29.2. The van der Waals surface area contributed by atoms with E-state index < -0.39 is 18.9 Å². The van der Waals surface area contributed by atoms with Crippen LogP contribution in [0.2, 0.25) is 0 Å². The first-order chi connectivity index (χ1) is 7.06. The Hall–Kier alpha value is -1.36. The molecule has 0 spiro atoms. The Balaban J connectivity index is 3.00. The van der Waals surface area contributed by atoms with Gasteiger partial charge in [-0.25, -0.2) is 8.78 Å². The minimum absolute atomic E-state index is 0.123. The summed E-state index contributed by atoms with van der Waals surface area (Å²) >= 11 is 0. The molecule has 3 nitrogen and oxygen atoms in total. The number of ether oxygens (including phenoxy) is 1. The van der Waals surface area contributed by atoms with Gasteiger partial charge in [0, 0.05) is 12.5 Å². The van der Waals surface area contributed by atoms with Crippen molar-refractivity contribution in [2.75, 3.05) is 7.11 Å². The van der Waals surface area contributed by atoms with Crippen LogP contribution in [0.15, 0.2) is 18.2 Å². The molecule has 0 radical (unpaired) electrons. The van der Waals surface area contributed by atoms with Crippen molar-refractivity contribution in [3.8, 4) is 11.5 Å². The van der Waals surface area contributed by atoms with E-state index in [4.69, 9.17) is 10.5 Å². The van der Waals surface area contributed by atoms with Gasteiger partial charge in [-0.1, -0.05) is 6.07 Å². The van der Waals surface area contributed by atoms with Crippen LogP contribution in [0.1, 0.15) is 18.0 Å². The summed E-state index contributed by atoms with van der Waals surface area (Å²) in [6, 6.07) is 3.59. The maximum Gasteiger partial charge on any atom is 0.240 e. The Bertz CT molecular complexity index is 331. The molecule has 0 aliphatic heterocycles. The van der Waals surface area contributed by atoms with E-state index in [1.165, 1.54) is 13.2 Å². The Morgan fingerprint density at radius 1 is 1.47 bits per heavy atom. The molecule has 0 amide bonds. The van der Waals surface area contributed by atoms with Crippen LogP contribution in [0.4, 0.5) is 8.78 Å². The minimum atomic E-state index is -2.51. The zero-order valence-corrected chi connectivity index (χ0v) is 8.28. The number of alkyl halides is 2. The lowest BCUT2D eigenvalue weighted by Gasteiger charge is -2.16. The Morgan fingerprint density at radius 3 is 2.67 bits per heavy atom. The summed E-state index contributed by atoms with van der Waals surface area (Å²) in [7, 11) is 1.40. The molecule has 0 fully saturated rings. The normalized spacial score (nSPS) is 12.9. The minimum Gasteiger partial charge on any atom is -0.507 e. The first-order valence-electron chi connectivity index (χ1n) is 4.45. The fourth-order valence-corrected chi connectivity index (χ4v) is 1.39. The molecular formula is C10H13F2NO2. The lowest BCUT2D eigenvalue weighted by atomic mass is 10.0. The molecular weight excluding hydrogens is 204 g/mol. The van der Waals surface area contributed by atoms with E-state index in [2.05, 4.69) is 0 Å². The Morgan fingerprint density at radius 2 is 2.13 bits per heavy atom. The average molecular weight is 217 g/mol. The lowest BCUT2D eigenvalue weighted by Crippen LogP contribution is -2.15. The van der Waals surface area contributed by atoms with Crippen LogP contribution >= 0.6 is 0 Å². The number of methoxy groups -OCH3 is 1. The molecule has 1 aromatic rings. The molecule has 0 unspecified atom stereocenters. The number of aromatic hydroxyl groups is 1. The van der Waals surface area contributed by atoms with E-state index in [1.807, 2.05) is 0 Å². The van der Waals surface area contributed by atoms with Crippen molar-refractivity contribution >= 4 is 0 Å². The first kappa shape index (κ1) is 11.7. The van der Waals surface area contributed by atoms with Gasteiger partial charge < -0.3 is 15.6 Å². The van der Waals surface area contributed by atoms with Crippen molar-refractivity contribution in [3.05, 3.63) is 23.8 Å². The highest BCUT2D eigenvalue weighted by atomic mass is 19.3. The van der Waals surface area contributed by atoms with Crippen molar-refractivity contribution in [2.24, 2.45) is 5.73 Å². The average Bonchev–Trinajstić information content (AvgIpc) is 2.15. The van der Waals surface area contributed by atoms with Crippen LogP contribution in [0.25, 0.3) is 0 Å². The van der Waals surface area contributed by atoms with Crippen molar-refractivity contribution in [1.29, 1.82) is 0 Å². The number of rotatable bonds is 4. The maximum atomic E-state index is 12.1. The topological polar surface area (TPSA) is 55.5 Å². The molecule has 0 heterocycles. The SMILES string of the molecule is COc1cccc(O)c1[C@@H](N)CC(F)F. The molecule has 1 atom stereocenters. The van der Waals surface area contributed by atoms with Gasteiger partial charge in [0.2, 0.25) is 6.43 Å². The van der Waals surface area contributed by atoms with Crippen molar-refractivity contribution in [3.63, 3.8) is 0 Å². The van der Waals surface area contributed by atoms with E-state index in [0.717, 1.165) is 0 Å². The highest BCUT2D eigenvalue weighted by molar-refractivity contribution is 5.45. The summed E-state index contributed by atoms with van der Waals surface area (Å²) in [5, 5.41) is 9.50. The number of halogens is 2. The van der Waals surface area contributed by atoms with Crippen molar-refractivity contribution in [2.45, 2.75) is 18.9 Å². The Kier molecular flexibility index (Phi) is 3.85. The number of hydrogen-bond donors (Lipinski definition) is 2. The van der Waals surface area contributed by atoms with Crippen LogP contribution < -0.4 is 10.5 Å². The van der Waals surface area contributed by atoms with Gasteiger partial charge >= 0.3 is 0 Å². The van der Waals surface area contributed by atoms with Gasteiger partial charge in [0.25, 0.3) is 0 Å². The predicted molar refractivity (Wildman–Crippen MR) is 52.2 cm³/mol. The van der Waals surface area contributed by atoms with Gasteiger partial charge in [-0.2, -0.15) is 0 Å². The summed E-state index contributed by atoms with van der Waals surface area (Å²) in [6.45, 7) is 0. The first-order valence-corrected chi connectivity index (χ1v) is 4.45. The van der Waals surface area contributed by atoms with Gasteiger partial charge in [0.15, 0.2) is 0 Å².